The molecular formula is C25H32N2O2+2. The van der Waals surface area contributed by atoms with Gasteiger partial charge in [-0.05, 0) is 42.7 Å². The zero-order valence-corrected chi connectivity index (χ0v) is 17.5. The third-order valence-corrected chi connectivity index (χ3v) is 7.86. The van der Waals surface area contributed by atoms with Crippen molar-refractivity contribution >= 4 is 5.78 Å². The lowest BCUT2D eigenvalue weighted by molar-refractivity contribution is -1.18. The molecule has 2 aromatic carbocycles. The molecule has 2 aromatic rings. The molecule has 0 radical (unpaired) electrons. The molecule has 0 amide bonds. The highest BCUT2D eigenvalue weighted by Crippen LogP contribution is 2.40. The fraction of sp³-hybridized carbons (Fsp3) is 0.480. The first-order chi connectivity index (χ1) is 14.1. The summed E-state index contributed by atoms with van der Waals surface area (Å²) < 4.78 is 5.98. The predicted molar refractivity (Wildman–Crippen MR) is 112 cm³/mol. The molecule has 29 heavy (non-hydrogen) atoms. The van der Waals surface area contributed by atoms with Crippen LogP contribution >= 0.6 is 0 Å². The number of Topliss-reactive ketones (excluding diaryl/α,β-unsaturated/α-hetero) is 1. The van der Waals surface area contributed by atoms with Gasteiger partial charge < -0.3 is 4.74 Å². The topological polar surface area (TPSA) is 35.2 Å². The van der Waals surface area contributed by atoms with E-state index in [1.165, 1.54) is 11.1 Å². The lowest BCUT2D eigenvalue weighted by Gasteiger charge is -2.60. The Balaban J connectivity index is 1.34. The van der Waals surface area contributed by atoms with E-state index in [2.05, 4.69) is 50.2 Å². The van der Waals surface area contributed by atoms with Crippen molar-refractivity contribution in [2.75, 3.05) is 26.2 Å². The Morgan fingerprint density at radius 2 is 1.41 bits per heavy atom. The highest BCUT2D eigenvalue weighted by Gasteiger charge is 2.70. The molecule has 4 fully saturated rings. The smallest absolute Gasteiger partial charge is 0.240 e. The minimum Gasteiger partial charge on any atom is -0.489 e. The quantitative estimate of drug-likeness (QED) is 0.780. The lowest BCUT2D eigenvalue weighted by Crippen LogP contribution is -3.41. The van der Waals surface area contributed by atoms with Crippen molar-refractivity contribution in [2.24, 2.45) is 10.8 Å². The first kappa shape index (κ1) is 18.8. The number of piperidine rings is 2. The minimum absolute atomic E-state index is 0.0909. The van der Waals surface area contributed by atoms with Gasteiger partial charge in [-0.25, -0.2) is 0 Å². The van der Waals surface area contributed by atoms with Gasteiger partial charge in [0, 0.05) is 0 Å². The van der Waals surface area contributed by atoms with Crippen LogP contribution in [0.15, 0.2) is 54.6 Å². The largest absolute Gasteiger partial charge is 0.489 e. The van der Waals surface area contributed by atoms with Gasteiger partial charge >= 0.3 is 0 Å². The maximum absolute atomic E-state index is 13.3. The highest BCUT2D eigenvalue weighted by molar-refractivity contribution is 5.92. The highest BCUT2D eigenvalue weighted by atomic mass is 16.5. The predicted octanol–water partition coefficient (Wildman–Crippen LogP) is 1.44. The number of rotatable bonds is 6. The molecule has 4 aliphatic rings. The summed E-state index contributed by atoms with van der Waals surface area (Å²) in [5.74, 6) is 1.49. The number of hydrogen-bond donors (Lipinski definition) is 2. The number of quaternary nitrogens is 2. The summed E-state index contributed by atoms with van der Waals surface area (Å²) in [4.78, 5) is 16.5. The number of hydrogen-bond acceptors (Lipinski definition) is 2. The second-order valence-electron chi connectivity index (χ2n) is 9.40. The van der Waals surface area contributed by atoms with E-state index in [4.69, 9.17) is 4.74 Å². The molecule has 0 aromatic heterocycles. The first-order valence-electron chi connectivity index (χ1n) is 11.1. The molecule has 4 bridgehead atoms. The molecule has 152 valence electrons. The molecular weight excluding hydrogens is 360 g/mol. The van der Waals surface area contributed by atoms with Crippen LogP contribution < -0.4 is 14.5 Å². The summed E-state index contributed by atoms with van der Waals surface area (Å²) in [5.41, 5.74) is 2.38. The van der Waals surface area contributed by atoms with Gasteiger partial charge in [-0.2, -0.15) is 0 Å². The number of carbonyl (C=O) groups excluding carboxylic acids is 1. The van der Waals surface area contributed by atoms with E-state index in [-0.39, 0.29) is 10.8 Å². The summed E-state index contributed by atoms with van der Waals surface area (Å²) >= 11 is 0. The second kappa shape index (κ2) is 6.96. The van der Waals surface area contributed by atoms with Gasteiger partial charge in [0.2, 0.25) is 6.17 Å². The molecule has 2 N–H and O–H groups in total. The van der Waals surface area contributed by atoms with Crippen LogP contribution in [0.3, 0.4) is 0 Å². The van der Waals surface area contributed by atoms with Gasteiger partial charge in [-0.15, -0.1) is 0 Å². The standard InChI is InChI=1S/C25H30N2O2/c1-3-24-15-26-17-25(4-2,23(24)28)18-27(16-24)22(26)20-10-12-21(13-11-20)29-14-19-8-6-5-7-9-19/h5-13,22H,3-4,14-18H2,1-2H3/p+2. The molecule has 4 heteroatoms. The van der Waals surface area contributed by atoms with E-state index in [0.29, 0.717) is 18.6 Å². The Bertz CT molecular complexity index is 851. The van der Waals surface area contributed by atoms with Crippen molar-refractivity contribution in [2.45, 2.75) is 39.5 Å². The molecule has 0 unspecified atom stereocenters. The Hall–Kier alpha value is -2.17. The van der Waals surface area contributed by atoms with Crippen molar-refractivity contribution < 1.29 is 19.3 Å². The van der Waals surface area contributed by atoms with Gasteiger partial charge in [-0.1, -0.05) is 44.2 Å². The van der Waals surface area contributed by atoms with Crippen molar-refractivity contribution in [1.82, 2.24) is 0 Å². The second-order valence-corrected chi connectivity index (χ2v) is 9.40. The lowest BCUT2D eigenvalue weighted by atomic mass is 9.58. The average molecular weight is 393 g/mol. The fourth-order valence-electron chi connectivity index (χ4n) is 6.36. The van der Waals surface area contributed by atoms with Crippen LogP contribution in [0.1, 0.15) is 44.0 Å². The van der Waals surface area contributed by atoms with E-state index < -0.39 is 0 Å². The van der Waals surface area contributed by atoms with E-state index in [1.807, 2.05) is 18.2 Å². The SMILES string of the molecule is CCC12C[NH+]3CC(CC)(C[NH+](C1)C3c1ccc(OCc3ccccc3)cc1)C2=O. The van der Waals surface area contributed by atoms with Crippen molar-refractivity contribution in [1.29, 1.82) is 0 Å². The third kappa shape index (κ3) is 2.92. The van der Waals surface area contributed by atoms with Gasteiger partial charge in [-0.3, -0.25) is 14.6 Å². The van der Waals surface area contributed by atoms with Crippen molar-refractivity contribution in [3.63, 3.8) is 0 Å². The molecule has 0 aliphatic carbocycles. The summed E-state index contributed by atoms with van der Waals surface area (Å²) in [5, 5.41) is 0. The van der Waals surface area contributed by atoms with Crippen molar-refractivity contribution in [3.8, 4) is 5.75 Å². The summed E-state index contributed by atoms with van der Waals surface area (Å²) in [7, 11) is 0. The first-order valence-corrected chi connectivity index (χ1v) is 11.1. The van der Waals surface area contributed by atoms with Crippen LogP contribution in [0.2, 0.25) is 0 Å². The molecule has 6 rings (SSSR count). The average Bonchev–Trinajstić information content (AvgIpc) is 2.76. The van der Waals surface area contributed by atoms with Crippen LogP contribution in [-0.4, -0.2) is 32.0 Å². The minimum atomic E-state index is -0.0909. The zero-order chi connectivity index (χ0) is 20.1. The molecule has 4 nitrogen and oxygen atoms in total. The monoisotopic (exact) mass is 392 g/mol. The Labute approximate surface area is 173 Å². The normalized spacial score (nSPS) is 35.1. The summed E-state index contributed by atoms with van der Waals surface area (Å²) in [6.45, 7) is 9.04. The van der Waals surface area contributed by atoms with E-state index >= 15 is 0 Å². The van der Waals surface area contributed by atoms with Crippen LogP contribution in [-0.2, 0) is 11.4 Å². The van der Waals surface area contributed by atoms with Gasteiger partial charge in [0.1, 0.15) is 49.4 Å². The maximum atomic E-state index is 13.3. The van der Waals surface area contributed by atoms with Gasteiger partial charge in [0.05, 0.1) is 5.56 Å². The molecule has 0 atom stereocenters. The Morgan fingerprint density at radius 1 is 0.862 bits per heavy atom. The number of ketones is 1. The van der Waals surface area contributed by atoms with Gasteiger partial charge in [0.25, 0.3) is 0 Å². The number of benzene rings is 2. The zero-order valence-electron chi connectivity index (χ0n) is 17.5. The molecule has 4 saturated heterocycles. The van der Waals surface area contributed by atoms with Crippen LogP contribution in [0, 0.1) is 10.8 Å². The Kier molecular flexibility index (Phi) is 4.52. The number of ether oxygens (including phenoxy) is 1. The molecule has 4 aliphatic heterocycles. The molecule has 4 heterocycles. The van der Waals surface area contributed by atoms with Crippen LogP contribution in [0.25, 0.3) is 0 Å². The van der Waals surface area contributed by atoms with Crippen molar-refractivity contribution in [3.05, 3.63) is 65.7 Å². The maximum Gasteiger partial charge on any atom is 0.240 e. The van der Waals surface area contributed by atoms with Gasteiger partial charge in [0.15, 0.2) is 5.78 Å². The number of carbonyl (C=O) groups is 1. The summed E-state index contributed by atoms with van der Waals surface area (Å²) in [6, 6.07) is 19.0. The van der Waals surface area contributed by atoms with E-state index in [1.54, 1.807) is 9.80 Å². The number of nitrogens with one attached hydrogen (secondary N) is 2. The van der Waals surface area contributed by atoms with Crippen LogP contribution in [0.4, 0.5) is 0 Å². The Morgan fingerprint density at radius 3 is 1.93 bits per heavy atom. The third-order valence-electron chi connectivity index (χ3n) is 7.86. The molecule has 0 spiro atoms. The van der Waals surface area contributed by atoms with E-state index in [9.17, 15) is 4.79 Å². The fourth-order valence-corrected chi connectivity index (χ4v) is 6.36. The van der Waals surface area contributed by atoms with Crippen LogP contribution in [0.5, 0.6) is 5.75 Å². The summed E-state index contributed by atoms with van der Waals surface area (Å²) in [6.07, 6.45) is 2.42. The molecule has 0 saturated carbocycles. The van der Waals surface area contributed by atoms with E-state index in [0.717, 1.165) is 44.8 Å².